The Morgan fingerprint density at radius 2 is 1.78 bits per heavy atom. The molecule has 0 spiro atoms. The summed E-state index contributed by atoms with van der Waals surface area (Å²) in [6, 6.07) is 8.81. The van der Waals surface area contributed by atoms with E-state index in [1.165, 1.54) is 16.4 Å². The predicted octanol–water partition coefficient (Wildman–Crippen LogP) is 0.860. The van der Waals surface area contributed by atoms with Crippen LogP contribution in [-0.4, -0.2) is 16.5 Å². The molecule has 9 heavy (non-hydrogen) atoms. The van der Waals surface area contributed by atoms with Gasteiger partial charge in [0.15, 0.2) is 0 Å². The Morgan fingerprint density at radius 3 is 2.22 bits per heavy atom. The van der Waals surface area contributed by atoms with Crippen LogP contribution in [0.15, 0.2) is 24.3 Å². The normalized spacial score (nSPS) is 9.89. The summed E-state index contributed by atoms with van der Waals surface area (Å²) in [7, 11) is 0. The van der Waals surface area contributed by atoms with Gasteiger partial charge in [-0.05, 0) is 0 Å². The summed E-state index contributed by atoms with van der Waals surface area (Å²) in [5.74, 6) is 0. The van der Waals surface area contributed by atoms with E-state index in [0.717, 1.165) is 16.5 Å². The average molecular weight is 181 g/mol. The van der Waals surface area contributed by atoms with Crippen LogP contribution in [0.4, 0.5) is 0 Å². The fraction of sp³-hybridized carbons (Fsp3) is 0.250. The van der Waals surface area contributed by atoms with Gasteiger partial charge in [0.25, 0.3) is 0 Å². The Labute approximate surface area is 64.5 Å². The topological polar surface area (TPSA) is 0 Å². The molecule has 1 aromatic rings. The SMILES string of the molecule is Cc1ccc([CH2][GeH3])cc1. The Hall–Kier alpha value is -0.237. The predicted molar refractivity (Wildman–Crippen MR) is 44.8 cm³/mol. The number of rotatable bonds is 1. The first-order valence-electron chi connectivity index (χ1n) is 3.38. The summed E-state index contributed by atoms with van der Waals surface area (Å²) in [6.07, 6.45) is 0. The van der Waals surface area contributed by atoms with Crippen molar-refractivity contribution in [2.75, 3.05) is 0 Å². The first kappa shape index (κ1) is 6.88. The zero-order valence-corrected chi connectivity index (χ0v) is 10.2. The van der Waals surface area contributed by atoms with E-state index >= 15 is 0 Å². The van der Waals surface area contributed by atoms with Crippen molar-refractivity contribution in [1.82, 2.24) is 0 Å². The van der Waals surface area contributed by atoms with Crippen molar-refractivity contribution in [1.29, 1.82) is 0 Å². The van der Waals surface area contributed by atoms with Crippen LogP contribution in [0.5, 0.6) is 0 Å². The van der Waals surface area contributed by atoms with Crippen LogP contribution >= 0.6 is 0 Å². The Bertz CT molecular complexity index is 176. The molecule has 1 rings (SSSR count). The van der Waals surface area contributed by atoms with Gasteiger partial charge in [-0.2, -0.15) is 0 Å². The van der Waals surface area contributed by atoms with Crippen molar-refractivity contribution < 1.29 is 0 Å². The van der Waals surface area contributed by atoms with Crippen LogP contribution in [0.3, 0.4) is 0 Å². The van der Waals surface area contributed by atoms with E-state index in [4.69, 9.17) is 0 Å². The molecule has 1 aromatic carbocycles. The van der Waals surface area contributed by atoms with Gasteiger partial charge in [0.05, 0.1) is 0 Å². The standard InChI is InChI=1S/C8H12Ge/c1-7-2-4-8(6-9)5-3-7/h2-5H,6H2,1,9H3. The first-order valence-corrected chi connectivity index (χ1v) is 6.35. The summed E-state index contributed by atoms with van der Waals surface area (Å²) in [4.78, 5) is 0. The van der Waals surface area contributed by atoms with E-state index in [1.807, 2.05) is 0 Å². The molecule has 0 heterocycles. The number of hydrogen-bond acceptors (Lipinski definition) is 0. The van der Waals surface area contributed by atoms with E-state index in [0.29, 0.717) is 0 Å². The van der Waals surface area contributed by atoms with Gasteiger partial charge in [0.1, 0.15) is 0 Å². The summed E-state index contributed by atoms with van der Waals surface area (Å²) in [5, 5.41) is 1.33. The third kappa shape index (κ3) is 1.86. The van der Waals surface area contributed by atoms with Crippen molar-refractivity contribution in [2.45, 2.75) is 12.2 Å². The third-order valence-electron chi connectivity index (χ3n) is 1.53. The molecule has 0 nitrogen and oxygen atoms in total. The number of benzene rings is 1. The van der Waals surface area contributed by atoms with Crippen molar-refractivity contribution in [3.05, 3.63) is 35.4 Å². The molecule has 0 bridgehead atoms. The average Bonchev–Trinajstić information content (AvgIpc) is 1.90. The molecule has 0 fully saturated rings. The van der Waals surface area contributed by atoms with Crippen molar-refractivity contribution in [3.8, 4) is 0 Å². The van der Waals surface area contributed by atoms with E-state index in [2.05, 4.69) is 31.2 Å². The monoisotopic (exact) mass is 182 g/mol. The second kappa shape index (κ2) is 3.06. The van der Waals surface area contributed by atoms with Gasteiger partial charge in [0.2, 0.25) is 0 Å². The molecule has 0 saturated carbocycles. The minimum absolute atomic E-state index is 0.961. The summed E-state index contributed by atoms with van der Waals surface area (Å²) >= 11 is 0.961. The second-order valence-electron chi connectivity index (χ2n) is 2.34. The molecule has 0 aliphatic heterocycles. The van der Waals surface area contributed by atoms with Crippen LogP contribution < -0.4 is 0 Å². The van der Waals surface area contributed by atoms with Gasteiger partial charge < -0.3 is 0 Å². The molecule has 0 aliphatic rings. The van der Waals surface area contributed by atoms with E-state index < -0.39 is 0 Å². The Morgan fingerprint density at radius 1 is 1.22 bits per heavy atom. The van der Waals surface area contributed by atoms with E-state index in [1.54, 1.807) is 0 Å². The van der Waals surface area contributed by atoms with Gasteiger partial charge in [-0.3, -0.25) is 0 Å². The van der Waals surface area contributed by atoms with Crippen molar-refractivity contribution in [3.63, 3.8) is 0 Å². The molecule has 0 N–H and O–H groups in total. The molecule has 0 radical (unpaired) electrons. The van der Waals surface area contributed by atoms with Gasteiger partial charge in [-0.1, -0.05) is 0 Å². The maximum atomic E-state index is 2.22. The summed E-state index contributed by atoms with van der Waals surface area (Å²) in [6.45, 7) is 2.13. The fourth-order valence-corrected chi connectivity index (χ4v) is 1.81. The summed E-state index contributed by atoms with van der Waals surface area (Å²) < 4.78 is 0. The van der Waals surface area contributed by atoms with Crippen LogP contribution in [-0.2, 0) is 5.25 Å². The van der Waals surface area contributed by atoms with Crippen LogP contribution in [0.1, 0.15) is 11.1 Å². The number of aryl methyl sites for hydroxylation is 1. The molecule has 0 saturated heterocycles. The van der Waals surface area contributed by atoms with Crippen molar-refractivity contribution >= 4 is 16.5 Å². The molecule has 0 aromatic heterocycles. The molecule has 0 unspecified atom stereocenters. The van der Waals surface area contributed by atoms with Crippen molar-refractivity contribution in [2.24, 2.45) is 0 Å². The molecular formula is C8H12Ge. The Balaban J connectivity index is 2.88. The first-order chi connectivity index (χ1) is 4.33. The van der Waals surface area contributed by atoms with Gasteiger partial charge in [-0.25, -0.2) is 0 Å². The van der Waals surface area contributed by atoms with Gasteiger partial charge >= 0.3 is 64.1 Å². The van der Waals surface area contributed by atoms with Crippen LogP contribution in [0.25, 0.3) is 0 Å². The Kier molecular flexibility index (Phi) is 2.34. The molecule has 1 heteroatoms. The molecule has 0 aliphatic carbocycles. The maximum absolute atomic E-state index is 2.22. The molecule has 48 valence electrons. The number of hydrogen-bond donors (Lipinski definition) is 0. The van der Waals surface area contributed by atoms with E-state index in [-0.39, 0.29) is 0 Å². The minimum atomic E-state index is 0.961. The van der Waals surface area contributed by atoms with Gasteiger partial charge in [-0.15, -0.1) is 0 Å². The molecular weight excluding hydrogens is 169 g/mol. The fourth-order valence-electron chi connectivity index (χ4n) is 0.824. The summed E-state index contributed by atoms with van der Waals surface area (Å²) in [5.41, 5.74) is 2.86. The molecule has 0 atom stereocenters. The van der Waals surface area contributed by atoms with E-state index in [9.17, 15) is 0 Å². The quantitative estimate of drug-likeness (QED) is 0.563. The van der Waals surface area contributed by atoms with Gasteiger partial charge in [0, 0.05) is 0 Å². The zero-order valence-electron chi connectivity index (χ0n) is 6.02. The zero-order chi connectivity index (χ0) is 6.69. The van der Waals surface area contributed by atoms with Crippen LogP contribution in [0.2, 0.25) is 0 Å². The van der Waals surface area contributed by atoms with Crippen LogP contribution in [0, 0.1) is 6.92 Å². The third-order valence-corrected chi connectivity index (χ3v) is 3.24. The molecule has 0 amide bonds. The second-order valence-corrected chi connectivity index (χ2v) is 3.82.